The summed E-state index contributed by atoms with van der Waals surface area (Å²) in [7, 11) is 1.66. The zero-order valence-corrected chi connectivity index (χ0v) is 9.95. The van der Waals surface area contributed by atoms with Gasteiger partial charge in [-0.15, -0.1) is 0 Å². The molecule has 0 radical (unpaired) electrons. The molecule has 0 aliphatic carbocycles. The van der Waals surface area contributed by atoms with Crippen LogP contribution >= 0.6 is 0 Å². The molecule has 0 aromatic carbocycles. The maximum atomic E-state index is 11.7. The van der Waals surface area contributed by atoms with Crippen LogP contribution in [0.3, 0.4) is 0 Å². The number of amides is 1. The predicted molar refractivity (Wildman–Crippen MR) is 59.4 cm³/mol. The molecular weight excluding hydrogens is 192 g/mol. The maximum absolute atomic E-state index is 11.7. The number of hydrogen-bond donors (Lipinski definition) is 1. The molecule has 0 saturated carbocycles. The summed E-state index contributed by atoms with van der Waals surface area (Å²) >= 11 is 0. The first-order valence-corrected chi connectivity index (χ1v) is 5.56. The van der Waals surface area contributed by atoms with Crippen molar-refractivity contribution in [1.82, 2.24) is 4.90 Å². The second kappa shape index (κ2) is 4.94. The molecule has 0 spiro atoms. The summed E-state index contributed by atoms with van der Waals surface area (Å²) in [6.07, 6.45) is 1.50. The Morgan fingerprint density at radius 2 is 2.20 bits per heavy atom. The first-order chi connectivity index (χ1) is 7.00. The number of likely N-dealkylation sites (tertiary alicyclic amines) is 1. The average molecular weight is 214 g/mol. The Kier molecular flexibility index (Phi) is 4.11. The van der Waals surface area contributed by atoms with Crippen molar-refractivity contribution in [3.63, 3.8) is 0 Å². The number of hydrogen-bond acceptors (Lipinski definition) is 3. The molecule has 1 unspecified atom stereocenters. The van der Waals surface area contributed by atoms with E-state index in [-0.39, 0.29) is 17.4 Å². The average Bonchev–Trinajstić information content (AvgIpc) is 2.13. The van der Waals surface area contributed by atoms with Gasteiger partial charge >= 0.3 is 0 Å². The molecule has 15 heavy (non-hydrogen) atoms. The van der Waals surface area contributed by atoms with Crippen molar-refractivity contribution in [2.24, 2.45) is 11.7 Å². The van der Waals surface area contributed by atoms with Crippen LogP contribution in [0.2, 0.25) is 0 Å². The Hall–Kier alpha value is -0.610. The first kappa shape index (κ1) is 12.5. The van der Waals surface area contributed by atoms with E-state index in [9.17, 15) is 4.79 Å². The topological polar surface area (TPSA) is 55.6 Å². The fourth-order valence-corrected chi connectivity index (χ4v) is 1.88. The van der Waals surface area contributed by atoms with Crippen molar-refractivity contribution in [1.29, 1.82) is 0 Å². The smallest absolute Gasteiger partial charge is 0.223 e. The number of ether oxygens (including phenoxy) is 1. The standard InChI is InChI=1S/C11H22N2O2/c1-4-11(12)7-13(8-11)10(14)5-9(2)6-15-3/h9H,4-8,12H2,1-3H3. The highest BCUT2D eigenvalue weighted by Gasteiger charge is 2.40. The summed E-state index contributed by atoms with van der Waals surface area (Å²) in [5, 5.41) is 0. The summed E-state index contributed by atoms with van der Waals surface area (Å²) in [5.41, 5.74) is 5.88. The van der Waals surface area contributed by atoms with Gasteiger partial charge in [0.15, 0.2) is 0 Å². The SMILES string of the molecule is CCC1(N)CN(C(=O)CC(C)COC)C1. The molecule has 4 nitrogen and oxygen atoms in total. The summed E-state index contributed by atoms with van der Waals surface area (Å²) in [6, 6.07) is 0. The lowest BCUT2D eigenvalue weighted by atomic mass is 9.87. The second-order valence-corrected chi connectivity index (χ2v) is 4.73. The Morgan fingerprint density at radius 1 is 1.60 bits per heavy atom. The van der Waals surface area contributed by atoms with Crippen LogP contribution < -0.4 is 5.73 Å². The van der Waals surface area contributed by atoms with Crippen LogP contribution in [0.5, 0.6) is 0 Å². The molecule has 0 bridgehead atoms. The van der Waals surface area contributed by atoms with E-state index in [0.717, 1.165) is 6.42 Å². The third-order valence-electron chi connectivity index (χ3n) is 3.04. The van der Waals surface area contributed by atoms with Gasteiger partial charge in [-0.25, -0.2) is 0 Å². The van der Waals surface area contributed by atoms with Crippen molar-refractivity contribution < 1.29 is 9.53 Å². The molecule has 1 heterocycles. The Balaban J connectivity index is 2.26. The summed E-state index contributed by atoms with van der Waals surface area (Å²) in [5.74, 6) is 0.492. The first-order valence-electron chi connectivity index (χ1n) is 5.56. The fraction of sp³-hybridized carbons (Fsp3) is 0.909. The van der Waals surface area contributed by atoms with Crippen LogP contribution in [0.1, 0.15) is 26.7 Å². The minimum atomic E-state index is -0.125. The molecule has 1 aliphatic heterocycles. The third kappa shape index (κ3) is 3.18. The second-order valence-electron chi connectivity index (χ2n) is 4.73. The van der Waals surface area contributed by atoms with E-state index >= 15 is 0 Å². The van der Waals surface area contributed by atoms with Crippen LogP contribution in [0.4, 0.5) is 0 Å². The van der Waals surface area contributed by atoms with Gasteiger partial charge in [-0.2, -0.15) is 0 Å². The number of carbonyl (C=O) groups excluding carboxylic acids is 1. The molecule has 0 aromatic rings. The van der Waals surface area contributed by atoms with E-state index < -0.39 is 0 Å². The fourth-order valence-electron chi connectivity index (χ4n) is 1.88. The van der Waals surface area contributed by atoms with Gasteiger partial charge in [0, 0.05) is 33.2 Å². The Bertz CT molecular complexity index is 225. The van der Waals surface area contributed by atoms with Gasteiger partial charge in [0.25, 0.3) is 0 Å². The summed E-state index contributed by atoms with van der Waals surface area (Å²) < 4.78 is 5.00. The Labute approximate surface area is 91.8 Å². The van der Waals surface area contributed by atoms with Crippen LogP contribution in [0.25, 0.3) is 0 Å². The van der Waals surface area contributed by atoms with Crippen molar-refractivity contribution in [3.05, 3.63) is 0 Å². The van der Waals surface area contributed by atoms with Crippen LogP contribution in [0.15, 0.2) is 0 Å². The largest absolute Gasteiger partial charge is 0.384 e. The number of rotatable bonds is 5. The minimum Gasteiger partial charge on any atom is -0.384 e. The van der Waals surface area contributed by atoms with Gasteiger partial charge < -0.3 is 15.4 Å². The molecular formula is C11H22N2O2. The maximum Gasteiger partial charge on any atom is 0.223 e. The number of methoxy groups -OCH3 is 1. The molecule has 1 rings (SSSR count). The van der Waals surface area contributed by atoms with Gasteiger partial charge in [-0.1, -0.05) is 13.8 Å². The molecule has 1 fully saturated rings. The molecule has 88 valence electrons. The van der Waals surface area contributed by atoms with E-state index in [0.29, 0.717) is 26.1 Å². The lowest BCUT2D eigenvalue weighted by molar-refractivity contribution is -0.140. The zero-order chi connectivity index (χ0) is 11.5. The van der Waals surface area contributed by atoms with E-state index in [4.69, 9.17) is 10.5 Å². The molecule has 1 atom stereocenters. The number of nitrogens with zero attached hydrogens (tertiary/aromatic N) is 1. The van der Waals surface area contributed by atoms with Crippen LogP contribution in [-0.2, 0) is 9.53 Å². The lowest BCUT2D eigenvalue weighted by Crippen LogP contribution is -2.68. The highest BCUT2D eigenvalue weighted by molar-refractivity contribution is 5.77. The van der Waals surface area contributed by atoms with Crippen molar-refractivity contribution in [2.45, 2.75) is 32.2 Å². The van der Waals surface area contributed by atoms with Gasteiger partial charge in [0.05, 0.1) is 5.54 Å². The molecule has 1 amide bonds. The third-order valence-corrected chi connectivity index (χ3v) is 3.04. The highest BCUT2D eigenvalue weighted by Crippen LogP contribution is 2.22. The number of nitrogens with two attached hydrogens (primary N) is 1. The lowest BCUT2D eigenvalue weighted by Gasteiger charge is -2.47. The number of carbonyl (C=O) groups is 1. The quantitative estimate of drug-likeness (QED) is 0.729. The van der Waals surface area contributed by atoms with Crippen LogP contribution in [0, 0.1) is 5.92 Å². The molecule has 0 aromatic heterocycles. The zero-order valence-electron chi connectivity index (χ0n) is 9.95. The van der Waals surface area contributed by atoms with Gasteiger partial charge in [-0.3, -0.25) is 4.79 Å². The minimum absolute atomic E-state index is 0.125. The van der Waals surface area contributed by atoms with Crippen LogP contribution in [-0.4, -0.2) is 43.2 Å². The molecule has 2 N–H and O–H groups in total. The molecule has 1 saturated heterocycles. The normalized spacial score (nSPS) is 20.9. The predicted octanol–water partition coefficient (Wildman–Crippen LogP) is 0.609. The van der Waals surface area contributed by atoms with E-state index in [1.165, 1.54) is 0 Å². The molecule has 4 heteroatoms. The summed E-state index contributed by atoms with van der Waals surface area (Å²) in [4.78, 5) is 13.6. The van der Waals surface area contributed by atoms with Gasteiger partial charge in [0.1, 0.15) is 0 Å². The van der Waals surface area contributed by atoms with Crippen molar-refractivity contribution in [3.8, 4) is 0 Å². The van der Waals surface area contributed by atoms with Gasteiger partial charge in [0.2, 0.25) is 5.91 Å². The van der Waals surface area contributed by atoms with Crippen molar-refractivity contribution in [2.75, 3.05) is 26.8 Å². The Morgan fingerprint density at radius 3 is 2.67 bits per heavy atom. The van der Waals surface area contributed by atoms with Gasteiger partial charge in [-0.05, 0) is 12.3 Å². The molecule has 1 aliphatic rings. The van der Waals surface area contributed by atoms with E-state index in [1.807, 2.05) is 11.8 Å². The van der Waals surface area contributed by atoms with E-state index in [2.05, 4.69) is 6.92 Å². The van der Waals surface area contributed by atoms with E-state index in [1.54, 1.807) is 7.11 Å². The van der Waals surface area contributed by atoms with Crippen molar-refractivity contribution >= 4 is 5.91 Å². The monoisotopic (exact) mass is 214 g/mol. The summed E-state index contributed by atoms with van der Waals surface area (Å²) in [6.45, 7) is 6.15. The highest BCUT2D eigenvalue weighted by atomic mass is 16.5.